The minimum Gasteiger partial charge on any atom is -0.478 e. The molecule has 0 atom stereocenters. The summed E-state index contributed by atoms with van der Waals surface area (Å²) in [5, 5.41) is 14.2. The Bertz CT molecular complexity index is 1260. The Kier molecular flexibility index (Phi) is 7.30. The molecular weight excluding hydrogens is 438 g/mol. The van der Waals surface area contributed by atoms with Gasteiger partial charge in [0.15, 0.2) is 0 Å². The summed E-state index contributed by atoms with van der Waals surface area (Å²) in [6.45, 7) is 5.45. The molecule has 7 nitrogen and oxygen atoms in total. The van der Waals surface area contributed by atoms with Crippen LogP contribution in [0.1, 0.15) is 31.1 Å². The monoisotopic (exact) mass is 463 g/mol. The van der Waals surface area contributed by atoms with Crippen LogP contribution in [0, 0.1) is 0 Å². The fourth-order valence-corrected chi connectivity index (χ4v) is 3.60. The van der Waals surface area contributed by atoms with E-state index in [4.69, 9.17) is 15.6 Å². The maximum absolute atomic E-state index is 11.7. The van der Waals surface area contributed by atoms with Crippen LogP contribution in [0.4, 0.5) is 16.2 Å². The van der Waals surface area contributed by atoms with E-state index in [-0.39, 0.29) is 5.56 Å². The summed E-state index contributed by atoms with van der Waals surface area (Å²) < 4.78 is 5.20. The van der Waals surface area contributed by atoms with E-state index in [0.717, 1.165) is 21.3 Å². The molecule has 4 rings (SSSR count). The lowest BCUT2D eigenvalue weighted by Gasteiger charge is -2.20. The van der Waals surface area contributed by atoms with Crippen molar-refractivity contribution in [2.75, 3.05) is 11.1 Å². The van der Waals surface area contributed by atoms with Crippen molar-refractivity contribution < 1.29 is 19.4 Å². The van der Waals surface area contributed by atoms with Gasteiger partial charge in [0.2, 0.25) is 0 Å². The summed E-state index contributed by atoms with van der Waals surface area (Å²) in [4.78, 5) is 27.5. The number of benzene rings is 2. The summed E-state index contributed by atoms with van der Waals surface area (Å²) >= 11 is 1.64. The number of nitrogens with zero attached hydrogens (tertiary/aromatic N) is 1. The molecule has 33 heavy (non-hydrogen) atoms. The second kappa shape index (κ2) is 10.1. The molecule has 170 valence electrons. The minimum absolute atomic E-state index is 0.221. The number of hydrogen-bond donors (Lipinski definition) is 3. The van der Waals surface area contributed by atoms with Crippen molar-refractivity contribution in [1.29, 1.82) is 0 Å². The lowest BCUT2D eigenvalue weighted by Crippen LogP contribution is -2.27. The predicted molar refractivity (Wildman–Crippen MR) is 133 cm³/mol. The van der Waals surface area contributed by atoms with Crippen LogP contribution in [0.2, 0.25) is 0 Å². The highest BCUT2D eigenvalue weighted by Crippen LogP contribution is 2.30. The van der Waals surface area contributed by atoms with Crippen LogP contribution >= 0.6 is 11.3 Å². The van der Waals surface area contributed by atoms with Crippen LogP contribution < -0.4 is 11.1 Å². The number of nitrogen functional groups attached to an aromatic ring is 1. The second-order valence-electron chi connectivity index (χ2n) is 8.13. The van der Waals surface area contributed by atoms with Gasteiger partial charge in [-0.05, 0) is 62.0 Å². The third-order valence-corrected chi connectivity index (χ3v) is 5.25. The predicted octanol–water partition coefficient (Wildman–Crippen LogP) is 6.28. The molecule has 2 aromatic heterocycles. The van der Waals surface area contributed by atoms with E-state index in [0.29, 0.717) is 11.4 Å². The van der Waals surface area contributed by atoms with Crippen LogP contribution in [0.5, 0.6) is 0 Å². The Hall–Kier alpha value is -3.91. The van der Waals surface area contributed by atoms with E-state index in [9.17, 15) is 9.59 Å². The first-order valence-electron chi connectivity index (χ1n) is 10.1. The Balaban J connectivity index is 0.000000203. The first-order valence-corrected chi connectivity index (χ1v) is 11.0. The lowest BCUT2D eigenvalue weighted by atomic mass is 10.1. The van der Waals surface area contributed by atoms with Gasteiger partial charge in [0.05, 0.1) is 22.5 Å². The van der Waals surface area contributed by atoms with Gasteiger partial charge in [-0.15, -0.1) is 11.3 Å². The number of hydrogen-bond acceptors (Lipinski definition) is 6. The molecule has 1 amide bonds. The number of pyridine rings is 1. The van der Waals surface area contributed by atoms with Crippen molar-refractivity contribution >= 4 is 45.7 Å². The van der Waals surface area contributed by atoms with E-state index < -0.39 is 17.7 Å². The zero-order chi connectivity index (χ0) is 24.0. The number of nitrogens with two attached hydrogens (primary N) is 1. The zero-order valence-electron chi connectivity index (χ0n) is 18.5. The van der Waals surface area contributed by atoms with E-state index in [1.807, 2.05) is 74.7 Å². The Morgan fingerprint density at radius 3 is 2.45 bits per heavy atom. The number of anilines is 2. The van der Waals surface area contributed by atoms with Crippen LogP contribution in [0.15, 0.2) is 72.2 Å². The van der Waals surface area contributed by atoms with Gasteiger partial charge >= 0.3 is 12.1 Å². The van der Waals surface area contributed by atoms with Crippen LogP contribution in [0.3, 0.4) is 0 Å². The molecule has 8 heteroatoms. The fourth-order valence-electron chi connectivity index (χ4n) is 2.87. The number of carboxylic acids is 1. The Morgan fingerprint density at radius 1 is 1.06 bits per heavy atom. The number of rotatable bonds is 3. The van der Waals surface area contributed by atoms with E-state index in [1.165, 1.54) is 6.20 Å². The highest BCUT2D eigenvalue weighted by molar-refractivity contribution is 7.13. The molecule has 4 aromatic rings. The van der Waals surface area contributed by atoms with Crippen molar-refractivity contribution in [2.45, 2.75) is 26.4 Å². The van der Waals surface area contributed by atoms with Crippen molar-refractivity contribution in [3.63, 3.8) is 0 Å². The van der Waals surface area contributed by atoms with Gasteiger partial charge in [0.25, 0.3) is 0 Å². The molecule has 4 N–H and O–H groups in total. The molecule has 0 spiro atoms. The summed E-state index contributed by atoms with van der Waals surface area (Å²) in [6, 6.07) is 18.6. The average Bonchev–Trinajstić information content (AvgIpc) is 3.29. The number of nitrogens with one attached hydrogen (secondary N) is 1. The Labute approximate surface area is 195 Å². The van der Waals surface area contributed by atoms with E-state index in [1.54, 1.807) is 23.5 Å². The molecule has 0 aliphatic heterocycles. The maximum atomic E-state index is 11.7. The van der Waals surface area contributed by atoms with Crippen molar-refractivity contribution in [1.82, 2.24) is 4.98 Å². The minimum atomic E-state index is -0.946. The van der Waals surface area contributed by atoms with Crippen LogP contribution in [-0.4, -0.2) is 27.8 Å². The number of ether oxygens (including phenoxy) is 1. The molecule has 0 aliphatic carbocycles. The number of carboxylic acid groups (broad SMARTS) is 1. The molecule has 0 saturated carbocycles. The summed E-state index contributed by atoms with van der Waals surface area (Å²) in [5.74, 6) is -0.946. The van der Waals surface area contributed by atoms with Gasteiger partial charge in [-0.3, -0.25) is 10.3 Å². The van der Waals surface area contributed by atoms with Gasteiger partial charge in [-0.1, -0.05) is 30.3 Å². The van der Waals surface area contributed by atoms with Gasteiger partial charge in [0, 0.05) is 16.5 Å². The molecule has 2 aromatic carbocycles. The molecular formula is C25H25N3O4S. The van der Waals surface area contributed by atoms with Gasteiger partial charge < -0.3 is 15.6 Å². The number of para-hydroxylation sites is 1. The van der Waals surface area contributed by atoms with Crippen molar-refractivity contribution in [3.8, 4) is 10.4 Å². The largest absolute Gasteiger partial charge is 0.478 e. The molecule has 0 bridgehead atoms. The summed E-state index contributed by atoms with van der Waals surface area (Å²) in [5.41, 5.74) is 8.58. The summed E-state index contributed by atoms with van der Waals surface area (Å²) in [6.07, 6.45) is 0.859. The van der Waals surface area contributed by atoms with E-state index >= 15 is 0 Å². The normalized spacial score (nSPS) is 10.8. The Morgan fingerprint density at radius 2 is 1.82 bits per heavy atom. The van der Waals surface area contributed by atoms with Gasteiger partial charge in [-0.2, -0.15) is 0 Å². The first-order chi connectivity index (χ1) is 15.6. The summed E-state index contributed by atoms with van der Waals surface area (Å²) in [7, 11) is 0. The van der Waals surface area contributed by atoms with Crippen molar-refractivity contribution in [2.24, 2.45) is 0 Å². The molecule has 0 fully saturated rings. The third kappa shape index (κ3) is 6.78. The first kappa shape index (κ1) is 23.7. The third-order valence-electron chi connectivity index (χ3n) is 4.33. The maximum Gasteiger partial charge on any atom is 0.412 e. The number of aromatic carboxylic acids is 1. The highest BCUT2D eigenvalue weighted by atomic mass is 32.1. The van der Waals surface area contributed by atoms with Crippen LogP contribution in [-0.2, 0) is 4.74 Å². The molecule has 0 radical (unpaired) electrons. The number of carbonyl (C=O) groups is 2. The number of amides is 1. The lowest BCUT2D eigenvalue weighted by molar-refractivity contribution is 0.0634. The van der Waals surface area contributed by atoms with Gasteiger partial charge in [0.1, 0.15) is 5.60 Å². The SMILES string of the molecule is CC(C)(C)OC(=O)Nc1ccc(-c2cccs2)cc1N.O=C(O)c1cnc2ccccc2c1. The quantitative estimate of drug-likeness (QED) is 0.308. The van der Waals surface area contributed by atoms with Crippen molar-refractivity contribution in [3.05, 3.63) is 77.8 Å². The number of fused-ring (bicyclic) bond motifs is 1. The number of carbonyl (C=O) groups excluding carboxylic acids is 1. The fraction of sp³-hybridized carbons (Fsp3) is 0.160. The topological polar surface area (TPSA) is 115 Å². The number of aromatic nitrogens is 1. The smallest absolute Gasteiger partial charge is 0.412 e. The highest BCUT2D eigenvalue weighted by Gasteiger charge is 2.17. The molecule has 2 heterocycles. The van der Waals surface area contributed by atoms with E-state index in [2.05, 4.69) is 10.3 Å². The molecule has 0 unspecified atom stereocenters. The zero-order valence-corrected chi connectivity index (χ0v) is 19.3. The second-order valence-corrected chi connectivity index (χ2v) is 9.08. The standard InChI is InChI=1S/C15H18N2O2S.C10H7NO2/c1-15(2,3)19-14(18)17-12-7-6-10(9-11(12)16)13-5-4-8-20-13;12-10(13)8-5-7-3-1-2-4-9(7)11-6-8/h4-9H,16H2,1-3H3,(H,17,18);1-6H,(H,12,13). The van der Waals surface area contributed by atoms with Gasteiger partial charge in [-0.25, -0.2) is 9.59 Å². The number of thiophene rings is 1. The van der Waals surface area contributed by atoms with Crippen LogP contribution in [0.25, 0.3) is 21.3 Å². The molecule has 0 aliphatic rings. The average molecular weight is 464 g/mol. The molecule has 0 saturated heterocycles.